The highest BCUT2D eigenvalue weighted by Gasteiger charge is 2.32. The van der Waals surface area contributed by atoms with Gasteiger partial charge in [0.15, 0.2) is 0 Å². The van der Waals surface area contributed by atoms with Gasteiger partial charge >= 0.3 is 0 Å². The Labute approximate surface area is 181 Å². The monoisotopic (exact) mass is 401 g/mol. The summed E-state index contributed by atoms with van der Waals surface area (Å²) in [6.45, 7) is 14.0. The van der Waals surface area contributed by atoms with E-state index in [9.17, 15) is 0 Å². The number of fused-ring (bicyclic) bond motifs is 1. The molecule has 2 N–H and O–H groups in total. The lowest BCUT2D eigenvalue weighted by Crippen LogP contribution is -2.36. The lowest BCUT2D eigenvalue weighted by Gasteiger charge is -2.37. The summed E-state index contributed by atoms with van der Waals surface area (Å²) in [5.41, 5.74) is 9.32. The molecule has 0 fully saturated rings. The average Bonchev–Trinajstić information content (AvgIpc) is 2.62. The minimum absolute atomic E-state index is 0.0154. The van der Waals surface area contributed by atoms with Crippen molar-refractivity contribution < 1.29 is 4.74 Å². The zero-order chi connectivity index (χ0) is 21.4. The first-order valence-corrected chi connectivity index (χ1v) is 12.3. The third-order valence-electron chi connectivity index (χ3n) is 6.92. The van der Waals surface area contributed by atoms with Crippen molar-refractivity contribution in [3.63, 3.8) is 0 Å². The van der Waals surface area contributed by atoms with E-state index in [-0.39, 0.29) is 5.60 Å². The SMILES string of the molecule is Cc1cc(N)cc2c1O[C@](C)(CCC[C@H](C)CCC[C@H](C)CCCC(C)C)CC2. The second-order valence-corrected chi connectivity index (χ2v) is 10.7. The van der Waals surface area contributed by atoms with Crippen molar-refractivity contribution in [2.75, 3.05) is 5.73 Å². The number of hydrogen-bond acceptors (Lipinski definition) is 2. The third kappa shape index (κ3) is 8.22. The van der Waals surface area contributed by atoms with E-state index >= 15 is 0 Å². The van der Waals surface area contributed by atoms with Crippen LogP contribution in [0.5, 0.6) is 5.75 Å². The number of hydrogen-bond donors (Lipinski definition) is 1. The van der Waals surface area contributed by atoms with Crippen molar-refractivity contribution in [2.45, 2.75) is 118 Å². The fourth-order valence-electron chi connectivity index (χ4n) is 4.88. The minimum Gasteiger partial charge on any atom is -0.487 e. The lowest BCUT2D eigenvalue weighted by molar-refractivity contribution is 0.0516. The van der Waals surface area contributed by atoms with E-state index in [0.29, 0.717) is 0 Å². The van der Waals surface area contributed by atoms with E-state index in [4.69, 9.17) is 10.5 Å². The summed E-state index contributed by atoms with van der Waals surface area (Å²) in [5.74, 6) is 3.67. The molecule has 1 aliphatic heterocycles. The van der Waals surface area contributed by atoms with Crippen LogP contribution in [0, 0.1) is 24.7 Å². The van der Waals surface area contributed by atoms with Crippen LogP contribution in [-0.4, -0.2) is 5.60 Å². The normalized spacial score (nSPS) is 20.9. The zero-order valence-corrected chi connectivity index (χ0v) is 20.2. The number of anilines is 1. The Balaban J connectivity index is 1.65. The topological polar surface area (TPSA) is 35.2 Å². The first-order valence-electron chi connectivity index (χ1n) is 12.3. The standard InChI is InChI=1S/C27H47NO/c1-20(2)10-7-11-21(3)12-8-13-22(4)14-9-16-27(6)17-15-24-19-25(28)18-23(5)26(24)29-27/h18-22H,7-17,28H2,1-6H3/t21-,22-,27-/m1/s1. The second-order valence-electron chi connectivity index (χ2n) is 10.7. The molecule has 0 spiro atoms. The molecule has 1 aliphatic rings. The summed E-state index contributed by atoms with van der Waals surface area (Å²) in [6, 6.07) is 4.13. The minimum atomic E-state index is -0.0154. The smallest absolute Gasteiger partial charge is 0.126 e. The molecule has 2 rings (SSSR count). The Kier molecular flexibility index (Phi) is 9.37. The van der Waals surface area contributed by atoms with E-state index in [1.807, 2.05) is 6.07 Å². The number of benzene rings is 1. The molecule has 2 heteroatoms. The molecular formula is C27H47NO. The molecule has 1 heterocycles. The Morgan fingerprint density at radius 2 is 1.52 bits per heavy atom. The molecule has 29 heavy (non-hydrogen) atoms. The molecule has 2 nitrogen and oxygen atoms in total. The van der Waals surface area contributed by atoms with Crippen molar-refractivity contribution in [1.82, 2.24) is 0 Å². The summed E-state index contributed by atoms with van der Waals surface area (Å²) >= 11 is 0. The van der Waals surface area contributed by atoms with Gasteiger partial charge in [0.25, 0.3) is 0 Å². The van der Waals surface area contributed by atoms with Crippen LogP contribution in [0.3, 0.4) is 0 Å². The molecule has 1 aromatic carbocycles. The number of aryl methyl sites for hydroxylation is 2. The fraction of sp³-hybridized carbons (Fsp3) is 0.778. The molecular weight excluding hydrogens is 354 g/mol. The van der Waals surface area contributed by atoms with Crippen LogP contribution in [0.4, 0.5) is 5.69 Å². The Hall–Kier alpha value is -1.18. The summed E-state index contributed by atoms with van der Waals surface area (Å²) in [4.78, 5) is 0. The van der Waals surface area contributed by atoms with Crippen molar-refractivity contribution in [2.24, 2.45) is 17.8 Å². The maximum absolute atomic E-state index is 6.50. The van der Waals surface area contributed by atoms with Gasteiger partial charge in [-0.3, -0.25) is 0 Å². The van der Waals surface area contributed by atoms with Crippen LogP contribution in [0.25, 0.3) is 0 Å². The highest BCUT2D eigenvalue weighted by atomic mass is 16.5. The van der Waals surface area contributed by atoms with Crippen molar-refractivity contribution >= 4 is 5.69 Å². The first-order chi connectivity index (χ1) is 13.7. The predicted octanol–water partition coefficient (Wildman–Crippen LogP) is 8.10. The first kappa shape index (κ1) is 24.1. The molecule has 166 valence electrons. The summed E-state index contributed by atoms with van der Waals surface area (Å²) < 4.78 is 6.50. The fourth-order valence-corrected chi connectivity index (χ4v) is 4.88. The quantitative estimate of drug-likeness (QED) is 0.359. The molecule has 0 unspecified atom stereocenters. The van der Waals surface area contributed by atoms with Crippen LogP contribution in [0.1, 0.15) is 110 Å². The van der Waals surface area contributed by atoms with Gasteiger partial charge in [0.2, 0.25) is 0 Å². The predicted molar refractivity (Wildman–Crippen MR) is 128 cm³/mol. The number of nitrogens with two attached hydrogens (primary N) is 1. The van der Waals surface area contributed by atoms with Crippen molar-refractivity contribution in [3.05, 3.63) is 23.3 Å². The number of nitrogen functional groups attached to an aromatic ring is 1. The van der Waals surface area contributed by atoms with Gasteiger partial charge in [0.05, 0.1) is 0 Å². The van der Waals surface area contributed by atoms with Crippen molar-refractivity contribution in [3.8, 4) is 5.75 Å². The highest BCUT2D eigenvalue weighted by molar-refractivity contribution is 5.53. The summed E-state index contributed by atoms with van der Waals surface area (Å²) in [5, 5.41) is 0. The zero-order valence-electron chi connectivity index (χ0n) is 20.2. The average molecular weight is 402 g/mol. The van der Waals surface area contributed by atoms with Crippen LogP contribution >= 0.6 is 0 Å². The van der Waals surface area contributed by atoms with E-state index in [1.165, 1.54) is 62.5 Å². The highest BCUT2D eigenvalue weighted by Crippen LogP contribution is 2.39. The van der Waals surface area contributed by atoms with Crippen LogP contribution < -0.4 is 10.5 Å². The van der Waals surface area contributed by atoms with Crippen LogP contribution in [-0.2, 0) is 6.42 Å². The Bertz CT molecular complexity index is 623. The van der Waals surface area contributed by atoms with Gasteiger partial charge in [-0.2, -0.15) is 0 Å². The lowest BCUT2D eigenvalue weighted by atomic mass is 9.85. The molecule has 0 aliphatic carbocycles. The molecule has 0 amide bonds. The van der Waals surface area contributed by atoms with Gasteiger partial charge in [0, 0.05) is 5.69 Å². The molecule has 0 bridgehead atoms. The van der Waals surface area contributed by atoms with Gasteiger partial charge in [-0.15, -0.1) is 0 Å². The Morgan fingerprint density at radius 1 is 0.931 bits per heavy atom. The van der Waals surface area contributed by atoms with E-state index < -0.39 is 0 Å². The molecule has 3 atom stereocenters. The summed E-state index contributed by atoms with van der Waals surface area (Å²) in [6.07, 6.45) is 14.3. The number of rotatable bonds is 12. The van der Waals surface area contributed by atoms with E-state index in [0.717, 1.165) is 48.5 Å². The largest absolute Gasteiger partial charge is 0.487 e. The molecule has 0 radical (unpaired) electrons. The molecule has 0 aromatic heterocycles. The molecule has 0 saturated carbocycles. The number of ether oxygens (including phenoxy) is 1. The summed E-state index contributed by atoms with van der Waals surface area (Å²) in [7, 11) is 0. The van der Waals surface area contributed by atoms with Gasteiger partial charge in [-0.1, -0.05) is 72.6 Å². The van der Waals surface area contributed by atoms with Crippen LogP contribution in [0.15, 0.2) is 12.1 Å². The van der Waals surface area contributed by atoms with Gasteiger partial charge in [0.1, 0.15) is 11.4 Å². The maximum Gasteiger partial charge on any atom is 0.126 e. The maximum atomic E-state index is 6.50. The van der Waals surface area contributed by atoms with Crippen LogP contribution in [0.2, 0.25) is 0 Å². The third-order valence-corrected chi connectivity index (χ3v) is 6.92. The van der Waals surface area contributed by atoms with Gasteiger partial charge < -0.3 is 10.5 Å². The Morgan fingerprint density at radius 3 is 2.14 bits per heavy atom. The van der Waals surface area contributed by atoms with Gasteiger partial charge in [-0.05, 0) is 80.5 Å². The molecule has 1 aromatic rings. The van der Waals surface area contributed by atoms with E-state index in [2.05, 4.69) is 47.6 Å². The van der Waals surface area contributed by atoms with Crippen molar-refractivity contribution in [1.29, 1.82) is 0 Å². The van der Waals surface area contributed by atoms with E-state index in [1.54, 1.807) is 0 Å². The van der Waals surface area contributed by atoms with Gasteiger partial charge in [-0.25, -0.2) is 0 Å². The second kappa shape index (κ2) is 11.3. The molecule has 0 saturated heterocycles.